The van der Waals surface area contributed by atoms with Crippen LogP contribution >= 0.6 is 0 Å². The third kappa shape index (κ3) is 4.43. The molecule has 3 rings (SSSR count). The molecule has 2 amide bonds. The molecule has 0 bridgehead atoms. The fourth-order valence-corrected chi connectivity index (χ4v) is 2.91. The number of ether oxygens (including phenoxy) is 1. The van der Waals surface area contributed by atoms with Crippen molar-refractivity contribution >= 4 is 23.6 Å². The number of esters is 1. The Bertz CT molecular complexity index is 882. The van der Waals surface area contributed by atoms with E-state index in [0.29, 0.717) is 11.1 Å². The lowest BCUT2D eigenvalue weighted by atomic mass is 10.1. The van der Waals surface area contributed by atoms with Crippen LogP contribution < -0.4 is 5.43 Å². The van der Waals surface area contributed by atoms with E-state index >= 15 is 0 Å². The van der Waals surface area contributed by atoms with E-state index in [-0.39, 0.29) is 24.7 Å². The van der Waals surface area contributed by atoms with Gasteiger partial charge in [-0.1, -0.05) is 48.5 Å². The summed E-state index contributed by atoms with van der Waals surface area (Å²) in [4.78, 5) is 49.0. The lowest BCUT2D eigenvalue weighted by Gasteiger charge is -2.18. The molecule has 28 heavy (non-hydrogen) atoms. The number of carbonyl (C=O) groups excluding carboxylic acids is 4. The van der Waals surface area contributed by atoms with E-state index in [9.17, 15) is 19.2 Å². The highest BCUT2D eigenvalue weighted by molar-refractivity contribution is 6.00. The van der Waals surface area contributed by atoms with E-state index in [2.05, 4.69) is 5.43 Å². The summed E-state index contributed by atoms with van der Waals surface area (Å²) in [6.07, 6.45) is -1.04. The molecule has 0 aromatic heterocycles. The van der Waals surface area contributed by atoms with Crippen LogP contribution in [-0.4, -0.2) is 41.2 Å². The van der Waals surface area contributed by atoms with Crippen molar-refractivity contribution < 1.29 is 23.9 Å². The molecule has 1 fully saturated rings. The van der Waals surface area contributed by atoms with Crippen molar-refractivity contribution in [2.45, 2.75) is 19.4 Å². The summed E-state index contributed by atoms with van der Waals surface area (Å²) >= 11 is 0. The second kappa shape index (κ2) is 8.47. The maximum Gasteiger partial charge on any atom is 0.312 e. The first kappa shape index (κ1) is 19.3. The first-order valence-corrected chi connectivity index (χ1v) is 8.92. The van der Waals surface area contributed by atoms with Crippen LogP contribution in [0, 0.1) is 5.92 Å². The van der Waals surface area contributed by atoms with Crippen LogP contribution in [0.5, 0.6) is 0 Å². The zero-order chi connectivity index (χ0) is 20.1. The van der Waals surface area contributed by atoms with E-state index in [1.165, 1.54) is 6.92 Å². The molecule has 0 spiro atoms. The molecule has 1 aliphatic heterocycles. The number of amides is 2. The minimum Gasteiger partial charge on any atom is -0.454 e. The first-order valence-electron chi connectivity index (χ1n) is 8.92. The third-order valence-corrected chi connectivity index (χ3v) is 4.45. The van der Waals surface area contributed by atoms with Crippen LogP contribution in [0.15, 0.2) is 60.7 Å². The smallest absolute Gasteiger partial charge is 0.312 e. The van der Waals surface area contributed by atoms with Crippen molar-refractivity contribution in [1.29, 1.82) is 0 Å². The van der Waals surface area contributed by atoms with E-state index in [4.69, 9.17) is 4.74 Å². The summed E-state index contributed by atoms with van der Waals surface area (Å²) in [6.45, 7) is 1.50. The maximum absolute atomic E-state index is 12.4. The van der Waals surface area contributed by atoms with Gasteiger partial charge in [0.05, 0.1) is 12.5 Å². The number of hydrogen-bond acceptors (Lipinski definition) is 5. The van der Waals surface area contributed by atoms with E-state index in [0.717, 1.165) is 5.01 Å². The average Bonchev–Trinajstić information content (AvgIpc) is 3.09. The predicted molar refractivity (Wildman–Crippen MR) is 100 cm³/mol. The van der Waals surface area contributed by atoms with E-state index in [1.54, 1.807) is 60.7 Å². The summed E-state index contributed by atoms with van der Waals surface area (Å²) in [6, 6.07) is 17.0. The Morgan fingerprint density at radius 1 is 1.00 bits per heavy atom. The van der Waals surface area contributed by atoms with E-state index < -0.39 is 23.9 Å². The molecule has 7 heteroatoms. The molecule has 0 radical (unpaired) electrons. The number of nitrogens with one attached hydrogen (secondary N) is 1. The van der Waals surface area contributed by atoms with Gasteiger partial charge in [-0.25, -0.2) is 0 Å². The van der Waals surface area contributed by atoms with Crippen molar-refractivity contribution in [3.63, 3.8) is 0 Å². The second-order valence-corrected chi connectivity index (χ2v) is 6.52. The number of Topliss-reactive ketones (excluding diaryl/α,β-unsaturated/α-hetero) is 1. The summed E-state index contributed by atoms with van der Waals surface area (Å²) in [7, 11) is 0. The monoisotopic (exact) mass is 380 g/mol. The highest BCUT2D eigenvalue weighted by Gasteiger charge is 2.37. The average molecular weight is 380 g/mol. The van der Waals surface area contributed by atoms with Crippen molar-refractivity contribution in [2.75, 3.05) is 6.54 Å². The quantitative estimate of drug-likeness (QED) is 0.611. The van der Waals surface area contributed by atoms with Gasteiger partial charge in [0.2, 0.25) is 11.7 Å². The number of benzene rings is 2. The number of hydrogen-bond donors (Lipinski definition) is 1. The molecule has 2 aromatic rings. The van der Waals surface area contributed by atoms with Gasteiger partial charge in [-0.15, -0.1) is 0 Å². The minimum atomic E-state index is -0.960. The largest absolute Gasteiger partial charge is 0.454 e. The highest BCUT2D eigenvalue weighted by Crippen LogP contribution is 2.19. The molecular formula is C21H20N2O5. The molecule has 1 aliphatic rings. The number of hydrazine groups is 1. The molecule has 144 valence electrons. The van der Waals surface area contributed by atoms with Gasteiger partial charge in [-0.05, 0) is 19.1 Å². The minimum absolute atomic E-state index is 0.00247. The van der Waals surface area contributed by atoms with Crippen molar-refractivity contribution in [1.82, 2.24) is 10.4 Å². The normalized spacial score (nSPS) is 17.1. The van der Waals surface area contributed by atoms with Crippen LogP contribution in [0.3, 0.4) is 0 Å². The van der Waals surface area contributed by atoms with Gasteiger partial charge in [0.1, 0.15) is 0 Å². The van der Waals surface area contributed by atoms with E-state index in [1.807, 2.05) is 0 Å². The fraction of sp³-hybridized carbons (Fsp3) is 0.238. The predicted octanol–water partition coefficient (Wildman–Crippen LogP) is 1.99. The molecule has 1 saturated heterocycles. The molecule has 0 aliphatic carbocycles. The standard InChI is InChI=1S/C21H20N2O5/c1-14(19(25)15-8-4-2-5-9-15)28-21(27)17-12-18(24)23(13-17)22-20(26)16-10-6-3-7-11-16/h2-11,14,17H,12-13H2,1H3,(H,22,26)/t14-,17+/m0/s1. The number of rotatable bonds is 6. The Balaban J connectivity index is 1.56. The molecule has 7 nitrogen and oxygen atoms in total. The van der Waals surface area contributed by atoms with Gasteiger partial charge in [0, 0.05) is 17.5 Å². The summed E-state index contributed by atoms with van der Waals surface area (Å²) in [5.41, 5.74) is 3.35. The Hall–Kier alpha value is -3.48. The van der Waals surface area contributed by atoms with Gasteiger partial charge in [0.15, 0.2) is 6.10 Å². The van der Waals surface area contributed by atoms with Gasteiger partial charge < -0.3 is 4.74 Å². The summed E-state index contributed by atoms with van der Waals surface area (Å²) < 4.78 is 5.26. The SMILES string of the molecule is C[C@H](OC(=O)[C@@H]1CC(=O)N(NC(=O)c2ccccc2)C1)C(=O)c1ccccc1. The zero-order valence-electron chi connectivity index (χ0n) is 15.3. The molecule has 1 heterocycles. The number of nitrogens with zero attached hydrogens (tertiary/aromatic N) is 1. The first-order chi connectivity index (χ1) is 13.5. The van der Waals surface area contributed by atoms with Gasteiger partial charge in [-0.2, -0.15) is 0 Å². The van der Waals surface area contributed by atoms with Crippen molar-refractivity contribution in [3.8, 4) is 0 Å². The number of carbonyl (C=O) groups is 4. The summed E-state index contributed by atoms with van der Waals surface area (Å²) in [5, 5.41) is 1.12. The van der Waals surface area contributed by atoms with Crippen molar-refractivity contribution in [2.24, 2.45) is 5.92 Å². The lowest BCUT2D eigenvalue weighted by molar-refractivity contribution is -0.151. The molecule has 1 N–H and O–H groups in total. The van der Waals surface area contributed by atoms with Crippen LogP contribution in [0.2, 0.25) is 0 Å². The highest BCUT2D eigenvalue weighted by atomic mass is 16.5. The van der Waals surface area contributed by atoms with Crippen LogP contribution in [-0.2, 0) is 14.3 Å². The molecule has 0 unspecified atom stereocenters. The Labute approximate surface area is 162 Å². The molecule has 0 saturated carbocycles. The Kier molecular flexibility index (Phi) is 5.84. The molecular weight excluding hydrogens is 360 g/mol. The lowest BCUT2D eigenvalue weighted by Crippen LogP contribution is -2.43. The fourth-order valence-electron chi connectivity index (χ4n) is 2.91. The second-order valence-electron chi connectivity index (χ2n) is 6.52. The Morgan fingerprint density at radius 2 is 1.57 bits per heavy atom. The molecule has 2 atom stereocenters. The van der Waals surface area contributed by atoms with Gasteiger partial charge in [-0.3, -0.25) is 29.6 Å². The topological polar surface area (TPSA) is 92.8 Å². The third-order valence-electron chi connectivity index (χ3n) is 4.45. The van der Waals surface area contributed by atoms with Crippen LogP contribution in [0.1, 0.15) is 34.1 Å². The maximum atomic E-state index is 12.4. The van der Waals surface area contributed by atoms with Gasteiger partial charge >= 0.3 is 5.97 Å². The zero-order valence-corrected chi connectivity index (χ0v) is 15.3. The van der Waals surface area contributed by atoms with Crippen LogP contribution in [0.25, 0.3) is 0 Å². The Morgan fingerprint density at radius 3 is 2.18 bits per heavy atom. The molecule has 2 aromatic carbocycles. The van der Waals surface area contributed by atoms with Crippen molar-refractivity contribution in [3.05, 3.63) is 71.8 Å². The van der Waals surface area contributed by atoms with Crippen LogP contribution in [0.4, 0.5) is 0 Å². The summed E-state index contributed by atoms with van der Waals surface area (Å²) in [5.74, 6) is -2.51. The number of ketones is 1. The van der Waals surface area contributed by atoms with Gasteiger partial charge in [0.25, 0.3) is 5.91 Å².